The average molecular weight is 192 g/mol. The minimum absolute atomic E-state index is 0.252. The Balaban J connectivity index is 2.53. The molecule has 0 amide bonds. The maximum absolute atomic E-state index is 7.93. The third-order valence-electron chi connectivity index (χ3n) is 0.187. The van der Waals surface area contributed by atoms with Crippen LogP contribution in [0.4, 0.5) is 0 Å². The van der Waals surface area contributed by atoms with Crippen molar-refractivity contribution >= 4 is 49.3 Å². The molecule has 1 N–H and O–H groups in total. The first kappa shape index (κ1) is 9.28. The summed E-state index contributed by atoms with van der Waals surface area (Å²) in [6.07, 6.45) is 0. The van der Waals surface area contributed by atoms with Crippen LogP contribution in [0.15, 0.2) is 0 Å². The maximum Gasteiger partial charge on any atom is 0.186 e. The molecule has 0 atom stereocenters. The van der Waals surface area contributed by atoms with E-state index >= 15 is 0 Å². The quantitative estimate of drug-likeness (QED) is 0.301. The minimum atomic E-state index is 0.252. The van der Waals surface area contributed by atoms with Gasteiger partial charge in [0, 0.05) is 12.0 Å². The van der Waals surface area contributed by atoms with E-state index in [9.17, 15) is 0 Å². The molecule has 0 aliphatic rings. The third-order valence-corrected chi connectivity index (χ3v) is 1.68. The molecular formula is CH4O3S4. The predicted molar refractivity (Wildman–Crippen MR) is 41.4 cm³/mol. The zero-order valence-corrected chi connectivity index (χ0v) is 6.99. The van der Waals surface area contributed by atoms with Crippen LogP contribution in [-0.4, -0.2) is 9.64 Å². The van der Waals surface area contributed by atoms with Gasteiger partial charge in [0.2, 0.25) is 0 Å². The largest absolute Gasteiger partial charge is 0.306 e. The van der Waals surface area contributed by atoms with Crippen LogP contribution in [0.2, 0.25) is 0 Å². The van der Waals surface area contributed by atoms with Crippen LogP contribution in [0.5, 0.6) is 0 Å². The van der Waals surface area contributed by atoms with Gasteiger partial charge in [0.05, 0.1) is 5.08 Å². The number of hydrogen-bond donors (Lipinski definition) is 2. The smallest absolute Gasteiger partial charge is 0.186 e. The Kier molecular flexibility index (Phi) is 9.60. The summed E-state index contributed by atoms with van der Waals surface area (Å²) in [6, 6.07) is 0. The Morgan fingerprint density at radius 3 is 2.75 bits per heavy atom. The van der Waals surface area contributed by atoms with Crippen molar-refractivity contribution in [2.75, 3.05) is 5.08 Å². The Morgan fingerprint density at radius 2 is 2.25 bits per heavy atom. The van der Waals surface area contributed by atoms with Crippen LogP contribution in [0, 0.1) is 0 Å². The predicted octanol–water partition coefficient (Wildman–Crippen LogP) is 2.24. The van der Waals surface area contributed by atoms with Gasteiger partial charge in [-0.2, -0.15) is 16.3 Å². The van der Waals surface area contributed by atoms with Crippen molar-refractivity contribution in [2.24, 2.45) is 0 Å². The lowest BCUT2D eigenvalue weighted by Gasteiger charge is -1.91. The van der Waals surface area contributed by atoms with E-state index in [1.807, 2.05) is 0 Å². The fraction of sp³-hybridized carbons (Fsp3) is 1.00. The number of hydrogen-bond acceptors (Lipinski definition) is 7. The van der Waals surface area contributed by atoms with Gasteiger partial charge in [-0.3, -0.25) is 0 Å². The molecule has 0 aliphatic heterocycles. The maximum atomic E-state index is 7.93. The van der Waals surface area contributed by atoms with Crippen molar-refractivity contribution in [3.8, 4) is 0 Å². The highest BCUT2D eigenvalue weighted by atomic mass is 32.3. The van der Waals surface area contributed by atoms with Crippen LogP contribution < -0.4 is 0 Å². The van der Waals surface area contributed by atoms with Crippen molar-refractivity contribution in [1.82, 2.24) is 0 Å². The summed E-state index contributed by atoms with van der Waals surface area (Å²) < 4.78 is 16.8. The van der Waals surface area contributed by atoms with E-state index in [1.165, 1.54) is 0 Å². The number of thiol groups is 1. The first-order chi connectivity index (χ1) is 3.91. The normalized spacial score (nSPS) is 9.75. The van der Waals surface area contributed by atoms with E-state index < -0.39 is 0 Å². The summed E-state index contributed by atoms with van der Waals surface area (Å²) in [5.41, 5.74) is 0. The molecule has 0 rings (SSSR count). The van der Waals surface area contributed by atoms with Gasteiger partial charge in [0.15, 0.2) is 24.6 Å². The van der Waals surface area contributed by atoms with Crippen LogP contribution >= 0.6 is 49.3 Å². The van der Waals surface area contributed by atoms with Gasteiger partial charge in [-0.05, 0) is 0 Å². The summed E-state index contributed by atoms with van der Waals surface area (Å²) in [4.78, 5) is 0. The molecular weight excluding hydrogens is 188 g/mol. The molecule has 0 aliphatic carbocycles. The van der Waals surface area contributed by atoms with Crippen molar-refractivity contribution in [3.63, 3.8) is 0 Å². The second kappa shape index (κ2) is 8.28. The highest BCUT2D eigenvalue weighted by Gasteiger charge is 1.87. The molecule has 3 nitrogen and oxygen atoms in total. The summed E-state index contributed by atoms with van der Waals surface area (Å²) in [5, 5.41) is 0.562. The molecule has 0 aromatic carbocycles. The molecule has 0 unspecified atom stereocenters. The Bertz CT molecular complexity index is 36.3. The molecule has 0 saturated carbocycles. The fourth-order valence-corrected chi connectivity index (χ4v) is 1.18. The molecule has 0 bridgehead atoms. The Hall–Kier alpha value is 1.28. The molecule has 0 saturated heterocycles. The number of rotatable bonds is 5. The van der Waals surface area contributed by atoms with E-state index in [1.54, 1.807) is 0 Å². The van der Waals surface area contributed by atoms with E-state index in [0.29, 0.717) is 17.4 Å². The summed E-state index contributed by atoms with van der Waals surface area (Å²) in [7, 11) is 0. The van der Waals surface area contributed by atoms with Crippen molar-refractivity contribution in [3.05, 3.63) is 0 Å². The molecule has 0 aromatic rings. The van der Waals surface area contributed by atoms with Gasteiger partial charge in [0.25, 0.3) is 0 Å². The zero-order valence-electron chi connectivity index (χ0n) is 3.64. The molecule has 0 heterocycles. The summed E-state index contributed by atoms with van der Waals surface area (Å²) >= 11 is 5.90. The van der Waals surface area contributed by atoms with Crippen LogP contribution in [-0.2, 0) is 7.26 Å². The molecule has 7 heteroatoms. The first-order valence-electron chi connectivity index (χ1n) is 1.45. The first-order valence-corrected chi connectivity index (χ1v) is 4.36. The van der Waals surface area contributed by atoms with E-state index in [0.717, 1.165) is 12.0 Å². The summed E-state index contributed by atoms with van der Waals surface area (Å²) in [5.74, 6) is 0. The SMILES string of the molecule is OSOSOSCS. The van der Waals surface area contributed by atoms with E-state index in [-0.39, 0.29) is 12.3 Å². The van der Waals surface area contributed by atoms with Gasteiger partial charge in [-0.1, -0.05) is 0 Å². The second-order valence-electron chi connectivity index (χ2n) is 0.526. The third kappa shape index (κ3) is 7.28. The van der Waals surface area contributed by atoms with Crippen LogP contribution in [0.3, 0.4) is 0 Å². The average Bonchev–Trinajstić information content (AvgIpc) is 1.81. The minimum Gasteiger partial charge on any atom is -0.306 e. The molecule has 50 valence electrons. The van der Waals surface area contributed by atoms with Crippen LogP contribution in [0.25, 0.3) is 0 Å². The lowest BCUT2D eigenvalue weighted by molar-refractivity contribution is 0.557. The highest BCUT2D eigenvalue weighted by Crippen LogP contribution is 2.19. The fourth-order valence-electron chi connectivity index (χ4n) is 0.0649. The monoisotopic (exact) mass is 192 g/mol. The second-order valence-corrected chi connectivity index (χ2v) is 3.17. The zero-order chi connectivity index (χ0) is 6.24. The van der Waals surface area contributed by atoms with Crippen molar-refractivity contribution in [1.29, 1.82) is 0 Å². The van der Waals surface area contributed by atoms with Crippen molar-refractivity contribution < 1.29 is 11.8 Å². The molecule has 0 aromatic heterocycles. The lowest BCUT2D eigenvalue weighted by Crippen LogP contribution is -1.65. The Morgan fingerprint density at radius 1 is 1.50 bits per heavy atom. The topological polar surface area (TPSA) is 38.7 Å². The van der Waals surface area contributed by atoms with E-state index in [2.05, 4.69) is 19.9 Å². The molecule has 0 spiro atoms. The summed E-state index contributed by atoms with van der Waals surface area (Å²) in [6.45, 7) is 0. The highest BCUT2D eigenvalue weighted by molar-refractivity contribution is 8.13. The van der Waals surface area contributed by atoms with Gasteiger partial charge >= 0.3 is 0 Å². The van der Waals surface area contributed by atoms with Gasteiger partial charge in [-0.15, -0.1) is 0 Å². The molecule has 0 radical (unpaired) electrons. The molecule has 8 heavy (non-hydrogen) atoms. The molecule has 0 fully saturated rings. The Labute approximate surface area is 66.3 Å². The standard InChI is InChI=1S/CH4O3S4/c2-7-4-8-3-6-1-5/h2,5H,1H2. The van der Waals surface area contributed by atoms with Crippen molar-refractivity contribution in [2.45, 2.75) is 0 Å². The van der Waals surface area contributed by atoms with Crippen LogP contribution in [0.1, 0.15) is 0 Å². The van der Waals surface area contributed by atoms with Gasteiger partial charge in [-0.25, -0.2) is 3.63 Å². The lowest BCUT2D eigenvalue weighted by atomic mass is 11.9. The van der Waals surface area contributed by atoms with Gasteiger partial charge < -0.3 is 4.55 Å². The van der Waals surface area contributed by atoms with Gasteiger partial charge in [0.1, 0.15) is 0 Å². The van der Waals surface area contributed by atoms with E-state index in [4.69, 9.17) is 4.55 Å².